The number of hydrogen-bond acceptors (Lipinski definition) is 5. The molecule has 4 rings (SSSR count). The third-order valence-corrected chi connectivity index (χ3v) is 4.97. The molecule has 26 heavy (non-hydrogen) atoms. The fourth-order valence-electron chi connectivity index (χ4n) is 3.56. The van der Waals surface area contributed by atoms with E-state index in [1.54, 1.807) is 15.8 Å². The zero-order valence-electron chi connectivity index (χ0n) is 14.5. The van der Waals surface area contributed by atoms with Gasteiger partial charge in [-0.3, -0.25) is 9.59 Å². The highest BCUT2D eigenvalue weighted by molar-refractivity contribution is 6.01. The Hall–Kier alpha value is -2.74. The van der Waals surface area contributed by atoms with Crippen LogP contribution in [0.15, 0.2) is 30.5 Å². The number of nitrogens with one attached hydrogen (secondary N) is 2. The minimum absolute atomic E-state index is 0.0669. The Kier molecular flexibility index (Phi) is 4.66. The molecule has 0 bridgehead atoms. The molecule has 2 aromatic rings. The molecule has 8 nitrogen and oxygen atoms in total. The van der Waals surface area contributed by atoms with Gasteiger partial charge in [0.1, 0.15) is 0 Å². The van der Waals surface area contributed by atoms with E-state index in [0.717, 1.165) is 37.2 Å². The van der Waals surface area contributed by atoms with Crippen LogP contribution in [0.2, 0.25) is 0 Å². The highest BCUT2D eigenvalue weighted by atomic mass is 16.2. The molecule has 3 heterocycles. The van der Waals surface area contributed by atoms with E-state index in [1.165, 1.54) is 0 Å². The van der Waals surface area contributed by atoms with Crippen molar-refractivity contribution in [2.45, 2.75) is 25.3 Å². The fraction of sp³-hybridized carbons (Fsp3) is 0.444. The molecule has 8 heteroatoms. The van der Waals surface area contributed by atoms with Crippen LogP contribution in [-0.4, -0.2) is 53.0 Å². The Labute approximate surface area is 151 Å². The number of amides is 2. The van der Waals surface area contributed by atoms with Crippen molar-refractivity contribution in [3.8, 4) is 0 Å². The number of nitrogens with zero attached hydrogens (tertiary/aromatic N) is 4. The molecule has 0 radical (unpaired) electrons. The van der Waals surface area contributed by atoms with Crippen LogP contribution in [0.4, 0.5) is 5.69 Å². The lowest BCUT2D eigenvalue weighted by atomic mass is 10.1. The highest BCUT2D eigenvalue weighted by Gasteiger charge is 2.26. The lowest BCUT2D eigenvalue weighted by molar-refractivity contribution is -0.117. The maximum Gasteiger partial charge on any atom is 0.273 e. The van der Waals surface area contributed by atoms with E-state index in [9.17, 15) is 9.59 Å². The molecular formula is C18H22N6O2. The van der Waals surface area contributed by atoms with Crippen molar-refractivity contribution >= 4 is 17.5 Å². The summed E-state index contributed by atoms with van der Waals surface area (Å²) < 4.78 is 1.79. The third kappa shape index (κ3) is 3.32. The first kappa shape index (κ1) is 16.7. The molecule has 1 aromatic carbocycles. The van der Waals surface area contributed by atoms with Gasteiger partial charge in [0.05, 0.1) is 18.7 Å². The summed E-state index contributed by atoms with van der Waals surface area (Å²) in [6.45, 7) is 2.73. The normalized spacial score (nSPS) is 17.4. The average molecular weight is 354 g/mol. The van der Waals surface area contributed by atoms with Gasteiger partial charge in [-0.25, -0.2) is 4.68 Å². The predicted molar refractivity (Wildman–Crippen MR) is 96.0 cm³/mol. The predicted octanol–water partition coefficient (Wildman–Crippen LogP) is 0.522. The Bertz CT molecular complexity index is 812. The minimum atomic E-state index is -0.259. The molecule has 0 unspecified atom stereocenters. The van der Waals surface area contributed by atoms with Crippen LogP contribution in [0.5, 0.6) is 0 Å². The van der Waals surface area contributed by atoms with E-state index in [4.69, 9.17) is 0 Å². The van der Waals surface area contributed by atoms with Gasteiger partial charge in [0.25, 0.3) is 5.91 Å². The van der Waals surface area contributed by atoms with Crippen molar-refractivity contribution in [3.05, 3.63) is 41.7 Å². The van der Waals surface area contributed by atoms with Gasteiger partial charge in [-0.1, -0.05) is 23.4 Å². The number of anilines is 1. The molecule has 136 valence electrons. The number of benzene rings is 1. The SMILES string of the molecule is O=C(NCCN1C(=O)Cc2ccccc21)c1cn(C2CCNCC2)nn1. The van der Waals surface area contributed by atoms with Crippen molar-refractivity contribution < 1.29 is 9.59 Å². The van der Waals surface area contributed by atoms with Gasteiger partial charge >= 0.3 is 0 Å². The first-order valence-electron chi connectivity index (χ1n) is 9.01. The fourth-order valence-corrected chi connectivity index (χ4v) is 3.56. The molecule has 2 aliphatic rings. The maximum absolute atomic E-state index is 12.3. The van der Waals surface area contributed by atoms with E-state index in [1.807, 2.05) is 24.3 Å². The molecular weight excluding hydrogens is 332 g/mol. The van der Waals surface area contributed by atoms with Crippen LogP contribution in [0.1, 0.15) is 34.9 Å². The quantitative estimate of drug-likeness (QED) is 0.817. The average Bonchev–Trinajstić information content (AvgIpc) is 3.28. The van der Waals surface area contributed by atoms with E-state index in [0.29, 0.717) is 31.2 Å². The van der Waals surface area contributed by atoms with Crippen molar-refractivity contribution in [2.24, 2.45) is 0 Å². The molecule has 2 amide bonds. The Morgan fingerprint density at radius 3 is 2.92 bits per heavy atom. The molecule has 1 aromatic heterocycles. The van der Waals surface area contributed by atoms with Crippen molar-refractivity contribution in [2.75, 3.05) is 31.1 Å². The summed E-state index contributed by atoms with van der Waals surface area (Å²) >= 11 is 0. The van der Waals surface area contributed by atoms with Gasteiger partial charge in [-0.15, -0.1) is 5.10 Å². The van der Waals surface area contributed by atoms with Crippen LogP contribution in [0.3, 0.4) is 0 Å². The second-order valence-electron chi connectivity index (χ2n) is 6.67. The molecule has 0 atom stereocenters. The van der Waals surface area contributed by atoms with Gasteiger partial charge in [0, 0.05) is 18.8 Å². The molecule has 1 fully saturated rings. The highest BCUT2D eigenvalue weighted by Crippen LogP contribution is 2.27. The second kappa shape index (κ2) is 7.25. The van der Waals surface area contributed by atoms with Gasteiger partial charge in [0.15, 0.2) is 5.69 Å². The molecule has 0 saturated carbocycles. The monoisotopic (exact) mass is 354 g/mol. The minimum Gasteiger partial charge on any atom is -0.349 e. The molecule has 0 spiro atoms. The summed E-state index contributed by atoms with van der Waals surface area (Å²) in [4.78, 5) is 26.2. The summed E-state index contributed by atoms with van der Waals surface area (Å²) in [6, 6.07) is 8.05. The van der Waals surface area contributed by atoms with E-state index in [-0.39, 0.29) is 11.8 Å². The number of fused-ring (bicyclic) bond motifs is 1. The number of carbonyl (C=O) groups is 2. The number of rotatable bonds is 5. The summed E-state index contributed by atoms with van der Waals surface area (Å²) in [5, 5.41) is 14.2. The zero-order valence-corrected chi connectivity index (χ0v) is 14.5. The van der Waals surface area contributed by atoms with Gasteiger partial charge < -0.3 is 15.5 Å². The van der Waals surface area contributed by atoms with Crippen LogP contribution in [-0.2, 0) is 11.2 Å². The lowest BCUT2D eigenvalue weighted by Gasteiger charge is -2.22. The van der Waals surface area contributed by atoms with Crippen LogP contribution in [0.25, 0.3) is 0 Å². The Balaban J connectivity index is 1.32. The molecule has 1 saturated heterocycles. The topological polar surface area (TPSA) is 92.2 Å². The Morgan fingerprint density at radius 2 is 2.08 bits per heavy atom. The Morgan fingerprint density at radius 1 is 1.27 bits per heavy atom. The summed E-state index contributed by atoms with van der Waals surface area (Å²) in [6.07, 6.45) is 4.11. The molecule has 2 aliphatic heterocycles. The van der Waals surface area contributed by atoms with E-state index < -0.39 is 0 Å². The summed E-state index contributed by atoms with van der Waals surface area (Å²) in [5.74, 6) is -0.192. The van der Waals surface area contributed by atoms with Crippen LogP contribution >= 0.6 is 0 Å². The first-order chi connectivity index (χ1) is 12.7. The number of para-hydroxylation sites is 1. The smallest absolute Gasteiger partial charge is 0.273 e. The van der Waals surface area contributed by atoms with E-state index in [2.05, 4.69) is 20.9 Å². The van der Waals surface area contributed by atoms with Crippen LogP contribution in [0, 0.1) is 0 Å². The van der Waals surface area contributed by atoms with Gasteiger partial charge in [0.2, 0.25) is 5.91 Å². The zero-order chi connectivity index (χ0) is 17.9. The maximum atomic E-state index is 12.3. The second-order valence-corrected chi connectivity index (χ2v) is 6.67. The van der Waals surface area contributed by atoms with E-state index >= 15 is 0 Å². The molecule has 0 aliphatic carbocycles. The van der Waals surface area contributed by atoms with Crippen molar-refractivity contribution in [1.82, 2.24) is 25.6 Å². The number of piperidine rings is 1. The summed E-state index contributed by atoms with van der Waals surface area (Å²) in [5.41, 5.74) is 2.29. The number of carbonyl (C=O) groups excluding carboxylic acids is 2. The summed E-state index contributed by atoms with van der Waals surface area (Å²) in [7, 11) is 0. The molecule has 2 N–H and O–H groups in total. The number of aromatic nitrogens is 3. The van der Waals surface area contributed by atoms with Crippen molar-refractivity contribution in [3.63, 3.8) is 0 Å². The largest absolute Gasteiger partial charge is 0.349 e. The first-order valence-corrected chi connectivity index (χ1v) is 9.01. The standard InChI is InChI=1S/C18H22N6O2/c25-17-11-13-3-1-2-4-16(13)23(17)10-9-20-18(26)15-12-24(22-21-15)14-5-7-19-8-6-14/h1-4,12,14,19H,5-11H2,(H,20,26). The lowest BCUT2D eigenvalue weighted by Crippen LogP contribution is -2.36. The van der Waals surface area contributed by atoms with Crippen LogP contribution < -0.4 is 15.5 Å². The van der Waals surface area contributed by atoms with Crippen molar-refractivity contribution in [1.29, 1.82) is 0 Å². The third-order valence-electron chi connectivity index (χ3n) is 4.97. The van der Waals surface area contributed by atoms with Gasteiger partial charge in [-0.05, 0) is 37.6 Å². The number of hydrogen-bond donors (Lipinski definition) is 2. The van der Waals surface area contributed by atoms with Gasteiger partial charge in [-0.2, -0.15) is 0 Å².